The van der Waals surface area contributed by atoms with Crippen LogP contribution in [-0.2, 0) is 25.6 Å². The van der Waals surface area contributed by atoms with E-state index in [1.54, 1.807) is 0 Å². The van der Waals surface area contributed by atoms with Crippen molar-refractivity contribution in [3.63, 3.8) is 0 Å². The topological polar surface area (TPSA) is 57.2 Å². The molecule has 2 saturated heterocycles. The highest BCUT2D eigenvalue weighted by Crippen LogP contribution is 2.40. The lowest BCUT2D eigenvalue weighted by Crippen LogP contribution is -2.31. The summed E-state index contributed by atoms with van der Waals surface area (Å²) in [5.74, 6) is -0.620. The average molecular weight is 308 g/mol. The van der Waals surface area contributed by atoms with E-state index in [0.717, 1.165) is 12.0 Å². The second-order valence-electron chi connectivity index (χ2n) is 6.27. The van der Waals surface area contributed by atoms with Gasteiger partial charge in [0.15, 0.2) is 12.1 Å². The van der Waals surface area contributed by atoms with E-state index < -0.39 is 12.1 Å². The van der Waals surface area contributed by atoms with Gasteiger partial charge in [-0.2, -0.15) is 0 Å². The van der Waals surface area contributed by atoms with Crippen LogP contribution in [-0.4, -0.2) is 42.1 Å². The van der Waals surface area contributed by atoms with E-state index in [0.29, 0.717) is 13.0 Å². The first-order valence-corrected chi connectivity index (χ1v) is 7.86. The van der Waals surface area contributed by atoms with Crippen molar-refractivity contribution in [1.82, 2.24) is 0 Å². The third-order valence-corrected chi connectivity index (χ3v) is 4.01. The number of aliphatic hydroxyl groups excluding tert-OH is 1. The summed E-state index contributed by atoms with van der Waals surface area (Å²) < 4.78 is 23.8. The minimum Gasteiger partial charge on any atom is -0.396 e. The fraction of sp³-hybridized carbons (Fsp3) is 0.647. The molecule has 1 aromatic rings. The predicted molar refractivity (Wildman–Crippen MR) is 80.0 cm³/mol. The molecule has 2 aliphatic heterocycles. The highest BCUT2D eigenvalue weighted by atomic mass is 16.8. The molecule has 0 aromatic heterocycles. The minimum atomic E-state index is -0.620. The maximum atomic E-state index is 9.03. The summed E-state index contributed by atoms with van der Waals surface area (Å²) in [5.41, 5.74) is 1.10. The predicted octanol–water partition coefficient (Wildman–Crippen LogP) is 2.22. The second-order valence-corrected chi connectivity index (χ2v) is 6.27. The van der Waals surface area contributed by atoms with Crippen LogP contribution in [0.25, 0.3) is 0 Å². The van der Waals surface area contributed by atoms with Crippen LogP contribution in [0.1, 0.15) is 32.3 Å². The van der Waals surface area contributed by atoms with Crippen LogP contribution in [0, 0.1) is 0 Å². The molecule has 0 spiro atoms. The summed E-state index contributed by atoms with van der Waals surface area (Å²) in [7, 11) is 0. The van der Waals surface area contributed by atoms with Gasteiger partial charge in [-0.3, -0.25) is 0 Å². The normalized spacial score (nSPS) is 33.0. The molecule has 5 nitrogen and oxygen atoms in total. The van der Waals surface area contributed by atoms with Gasteiger partial charge in [0.1, 0.15) is 12.2 Å². The molecule has 2 fully saturated rings. The van der Waals surface area contributed by atoms with Gasteiger partial charge in [-0.15, -0.1) is 0 Å². The van der Waals surface area contributed by atoms with E-state index >= 15 is 0 Å². The molecular formula is C17H24O5. The van der Waals surface area contributed by atoms with Crippen LogP contribution < -0.4 is 0 Å². The molecule has 22 heavy (non-hydrogen) atoms. The Hall–Kier alpha value is -0.980. The standard InChI is InChI=1S/C17H24O5/c1-17(2)21-14-13(9-6-10-18)20-16(15(14)22-17)19-11-12-7-4-3-5-8-12/h3-5,7-8,13-16,18H,6,9-11H2,1-2H3/t13-,14+,15-,16+/m0/s1. The van der Waals surface area contributed by atoms with Gasteiger partial charge in [0.25, 0.3) is 0 Å². The molecule has 5 heteroatoms. The van der Waals surface area contributed by atoms with E-state index in [9.17, 15) is 0 Å². The first kappa shape index (κ1) is 15.9. The molecule has 2 aliphatic rings. The molecule has 1 aromatic carbocycles. The van der Waals surface area contributed by atoms with Gasteiger partial charge in [-0.05, 0) is 32.3 Å². The Morgan fingerprint density at radius 1 is 1.14 bits per heavy atom. The Labute approximate surface area is 131 Å². The summed E-state index contributed by atoms with van der Waals surface area (Å²) in [5, 5.41) is 9.03. The van der Waals surface area contributed by atoms with Crippen molar-refractivity contribution in [2.75, 3.05) is 6.61 Å². The number of hydrogen-bond donors (Lipinski definition) is 1. The van der Waals surface area contributed by atoms with Crippen LogP contribution in [0.15, 0.2) is 30.3 Å². The third-order valence-electron chi connectivity index (χ3n) is 4.01. The highest BCUT2D eigenvalue weighted by molar-refractivity contribution is 5.13. The summed E-state index contributed by atoms with van der Waals surface area (Å²) in [6.07, 6.45) is 0.533. The molecule has 1 N–H and O–H groups in total. The number of fused-ring (bicyclic) bond motifs is 1. The zero-order valence-electron chi connectivity index (χ0n) is 13.1. The van der Waals surface area contributed by atoms with Crippen LogP contribution >= 0.6 is 0 Å². The van der Waals surface area contributed by atoms with Gasteiger partial charge >= 0.3 is 0 Å². The van der Waals surface area contributed by atoms with Gasteiger partial charge in [0, 0.05) is 6.61 Å². The Kier molecular flexibility index (Phi) is 4.80. The Bertz CT molecular complexity index is 475. The molecule has 4 atom stereocenters. The number of benzene rings is 1. The molecule has 0 aliphatic carbocycles. The molecular weight excluding hydrogens is 284 g/mol. The quantitative estimate of drug-likeness (QED) is 0.873. The maximum Gasteiger partial charge on any atom is 0.187 e. The summed E-state index contributed by atoms with van der Waals surface area (Å²) in [4.78, 5) is 0. The largest absolute Gasteiger partial charge is 0.396 e. The Balaban J connectivity index is 1.63. The highest BCUT2D eigenvalue weighted by Gasteiger charge is 2.55. The zero-order chi connectivity index (χ0) is 15.6. The van der Waals surface area contributed by atoms with Crippen molar-refractivity contribution in [3.05, 3.63) is 35.9 Å². The van der Waals surface area contributed by atoms with Crippen molar-refractivity contribution in [1.29, 1.82) is 0 Å². The number of hydrogen-bond acceptors (Lipinski definition) is 5. The van der Waals surface area contributed by atoms with Crippen molar-refractivity contribution >= 4 is 0 Å². The fourth-order valence-electron chi connectivity index (χ4n) is 3.05. The van der Waals surface area contributed by atoms with E-state index in [-0.39, 0.29) is 24.9 Å². The van der Waals surface area contributed by atoms with E-state index in [4.69, 9.17) is 24.1 Å². The van der Waals surface area contributed by atoms with E-state index in [2.05, 4.69) is 0 Å². The van der Waals surface area contributed by atoms with Gasteiger partial charge < -0.3 is 24.1 Å². The molecule has 0 saturated carbocycles. The van der Waals surface area contributed by atoms with Gasteiger partial charge in [-0.1, -0.05) is 30.3 Å². The average Bonchev–Trinajstić information content (AvgIpc) is 2.98. The van der Waals surface area contributed by atoms with Crippen LogP contribution in [0.2, 0.25) is 0 Å². The number of rotatable bonds is 6. The van der Waals surface area contributed by atoms with Crippen molar-refractivity contribution in [2.45, 2.75) is 63.7 Å². The van der Waals surface area contributed by atoms with Crippen LogP contribution in [0.4, 0.5) is 0 Å². The lowest BCUT2D eigenvalue weighted by atomic mass is 10.1. The van der Waals surface area contributed by atoms with E-state index in [1.165, 1.54) is 0 Å². The zero-order valence-corrected chi connectivity index (χ0v) is 13.1. The van der Waals surface area contributed by atoms with Crippen molar-refractivity contribution < 1.29 is 24.1 Å². The minimum absolute atomic E-state index is 0.0975. The van der Waals surface area contributed by atoms with Crippen molar-refractivity contribution in [3.8, 4) is 0 Å². The van der Waals surface area contributed by atoms with Gasteiger partial charge in [-0.25, -0.2) is 0 Å². The molecule has 0 radical (unpaired) electrons. The van der Waals surface area contributed by atoms with Gasteiger partial charge in [0.05, 0.1) is 12.7 Å². The molecule has 2 heterocycles. The van der Waals surface area contributed by atoms with Crippen molar-refractivity contribution in [2.24, 2.45) is 0 Å². The molecule has 0 amide bonds. The first-order chi connectivity index (χ1) is 10.6. The monoisotopic (exact) mass is 308 g/mol. The lowest BCUT2D eigenvalue weighted by molar-refractivity contribution is -0.237. The Morgan fingerprint density at radius 2 is 1.86 bits per heavy atom. The van der Waals surface area contributed by atoms with E-state index in [1.807, 2.05) is 44.2 Å². The number of ether oxygens (including phenoxy) is 4. The third kappa shape index (κ3) is 3.50. The van der Waals surface area contributed by atoms with Crippen LogP contribution in [0.5, 0.6) is 0 Å². The smallest absolute Gasteiger partial charge is 0.187 e. The molecule has 122 valence electrons. The lowest BCUT2D eigenvalue weighted by Gasteiger charge is -2.24. The summed E-state index contributed by atoms with van der Waals surface area (Å²) in [6, 6.07) is 9.99. The fourth-order valence-corrected chi connectivity index (χ4v) is 3.05. The van der Waals surface area contributed by atoms with Gasteiger partial charge in [0.2, 0.25) is 0 Å². The Morgan fingerprint density at radius 3 is 2.59 bits per heavy atom. The summed E-state index contributed by atoms with van der Waals surface area (Å²) in [6.45, 7) is 4.44. The first-order valence-electron chi connectivity index (χ1n) is 7.86. The molecule has 0 unspecified atom stereocenters. The maximum absolute atomic E-state index is 9.03. The summed E-state index contributed by atoms with van der Waals surface area (Å²) >= 11 is 0. The van der Waals surface area contributed by atoms with Crippen LogP contribution in [0.3, 0.4) is 0 Å². The molecule has 0 bridgehead atoms. The SMILES string of the molecule is CC1(C)O[C@@H]2[C@H](OCc3ccccc3)O[C@@H](CCCO)[C@H]2O1. The number of aliphatic hydroxyl groups is 1. The second kappa shape index (κ2) is 6.64. The molecule has 3 rings (SSSR count).